The van der Waals surface area contributed by atoms with E-state index in [1.807, 2.05) is 6.92 Å². The largest absolute Gasteiger partial charge is 0.398 e. The van der Waals surface area contributed by atoms with Gasteiger partial charge in [-0.3, -0.25) is 0 Å². The van der Waals surface area contributed by atoms with Gasteiger partial charge in [0.25, 0.3) is 0 Å². The third kappa shape index (κ3) is 3.22. The van der Waals surface area contributed by atoms with Crippen molar-refractivity contribution in [3.63, 3.8) is 0 Å². The Bertz CT molecular complexity index is 745. The first-order chi connectivity index (χ1) is 9.60. The zero-order valence-electron chi connectivity index (χ0n) is 12.1. The van der Waals surface area contributed by atoms with E-state index in [-0.39, 0.29) is 15.5 Å². The van der Waals surface area contributed by atoms with Crippen molar-refractivity contribution in [2.75, 3.05) is 12.0 Å². The molecule has 1 aromatic rings. The molecule has 1 fully saturated rings. The molecule has 0 radical (unpaired) electrons. The number of nitrogens with two attached hydrogens (primary N) is 1. The summed E-state index contributed by atoms with van der Waals surface area (Å²) in [6.07, 6.45) is 4.28. The van der Waals surface area contributed by atoms with E-state index in [9.17, 15) is 16.8 Å². The van der Waals surface area contributed by atoms with E-state index < -0.39 is 25.4 Å². The monoisotopic (exact) mass is 332 g/mol. The normalized spacial score (nSPS) is 18.2. The standard InChI is InChI=1S/C13H20N2O4S2/c1-3-13(7-4-8-13)15-21(18,19)12-9-10(20(2,16)17)5-6-11(12)14/h5-6,9,15H,3-4,7-8,14H2,1-2H3. The lowest BCUT2D eigenvalue weighted by molar-refractivity contribution is 0.214. The van der Waals surface area contributed by atoms with Crippen molar-refractivity contribution in [1.82, 2.24) is 4.72 Å². The summed E-state index contributed by atoms with van der Waals surface area (Å²) in [4.78, 5) is -0.235. The fraction of sp³-hybridized carbons (Fsp3) is 0.538. The summed E-state index contributed by atoms with van der Waals surface area (Å²) in [7, 11) is -7.33. The summed E-state index contributed by atoms with van der Waals surface area (Å²) in [6, 6.07) is 3.74. The van der Waals surface area contributed by atoms with Gasteiger partial charge in [0.15, 0.2) is 9.84 Å². The third-order valence-corrected chi connectivity index (χ3v) is 6.79. The van der Waals surface area contributed by atoms with Crippen molar-refractivity contribution in [3.8, 4) is 0 Å². The lowest BCUT2D eigenvalue weighted by Gasteiger charge is -2.41. The van der Waals surface area contributed by atoms with Crippen LogP contribution in [0.25, 0.3) is 0 Å². The van der Waals surface area contributed by atoms with Crippen LogP contribution in [0.4, 0.5) is 5.69 Å². The molecule has 1 aromatic carbocycles. The average molecular weight is 332 g/mol. The minimum absolute atomic E-state index is 0.0421. The number of rotatable bonds is 5. The number of benzene rings is 1. The van der Waals surface area contributed by atoms with E-state index >= 15 is 0 Å². The van der Waals surface area contributed by atoms with Crippen molar-refractivity contribution in [2.24, 2.45) is 0 Å². The number of anilines is 1. The molecule has 21 heavy (non-hydrogen) atoms. The van der Waals surface area contributed by atoms with Crippen LogP contribution in [-0.2, 0) is 19.9 Å². The van der Waals surface area contributed by atoms with Crippen molar-refractivity contribution < 1.29 is 16.8 Å². The third-order valence-electron chi connectivity index (χ3n) is 4.04. The maximum absolute atomic E-state index is 12.5. The summed E-state index contributed by atoms with van der Waals surface area (Å²) in [5, 5.41) is 0. The highest BCUT2D eigenvalue weighted by Gasteiger charge is 2.39. The molecule has 0 unspecified atom stereocenters. The van der Waals surface area contributed by atoms with E-state index in [1.165, 1.54) is 12.1 Å². The second-order valence-electron chi connectivity index (χ2n) is 5.56. The van der Waals surface area contributed by atoms with Gasteiger partial charge in [-0.25, -0.2) is 21.6 Å². The van der Waals surface area contributed by atoms with Gasteiger partial charge in [-0.2, -0.15) is 0 Å². The fourth-order valence-corrected chi connectivity index (χ4v) is 4.86. The molecule has 1 aliphatic rings. The lowest BCUT2D eigenvalue weighted by Crippen LogP contribution is -2.52. The predicted molar refractivity (Wildman–Crippen MR) is 81.2 cm³/mol. The Labute approximate surface area is 125 Å². The Morgan fingerprint density at radius 3 is 2.29 bits per heavy atom. The Kier molecular flexibility index (Phi) is 4.07. The van der Waals surface area contributed by atoms with Crippen LogP contribution in [0.15, 0.2) is 28.0 Å². The number of nitrogen functional groups attached to an aromatic ring is 1. The number of hydrogen-bond acceptors (Lipinski definition) is 5. The molecule has 1 saturated carbocycles. The van der Waals surface area contributed by atoms with Crippen LogP contribution in [0, 0.1) is 0 Å². The van der Waals surface area contributed by atoms with Gasteiger partial charge in [0.1, 0.15) is 4.90 Å². The summed E-state index contributed by atoms with van der Waals surface area (Å²) in [6.45, 7) is 1.93. The fourth-order valence-electron chi connectivity index (χ4n) is 2.45. The summed E-state index contributed by atoms with van der Waals surface area (Å²) < 4.78 is 50.9. The predicted octanol–water partition coefficient (Wildman–Crippen LogP) is 1.28. The summed E-state index contributed by atoms with van der Waals surface area (Å²) >= 11 is 0. The van der Waals surface area contributed by atoms with E-state index in [1.54, 1.807) is 0 Å². The molecular formula is C13H20N2O4S2. The first-order valence-corrected chi connectivity index (χ1v) is 10.1. The highest BCUT2D eigenvalue weighted by Crippen LogP contribution is 2.36. The van der Waals surface area contributed by atoms with E-state index in [0.717, 1.165) is 31.6 Å². The second kappa shape index (κ2) is 5.26. The van der Waals surface area contributed by atoms with Gasteiger partial charge in [0.2, 0.25) is 10.0 Å². The number of nitrogens with one attached hydrogen (secondary N) is 1. The van der Waals surface area contributed by atoms with Crippen molar-refractivity contribution in [3.05, 3.63) is 18.2 Å². The smallest absolute Gasteiger partial charge is 0.243 e. The van der Waals surface area contributed by atoms with Crippen LogP contribution in [0.5, 0.6) is 0 Å². The Hall–Kier alpha value is -1.12. The van der Waals surface area contributed by atoms with Gasteiger partial charge < -0.3 is 5.73 Å². The topological polar surface area (TPSA) is 106 Å². The van der Waals surface area contributed by atoms with Crippen LogP contribution in [0.1, 0.15) is 32.6 Å². The first kappa shape index (κ1) is 16.3. The highest BCUT2D eigenvalue weighted by molar-refractivity contribution is 7.91. The van der Waals surface area contributed by atoms with Crippen LogP contribution in [-0.4, -0.2) is 28.6 Å². The molecule has 0 saturated heterocycles. The molecule has 0 spiro atoms. The molecule has 2 rings (SSSR count). The quantitative estimate of drug-likeness (QED) is 0.790. The first-order valence-electron chi connectivity index (χ1n) is 6.73. The summed E-state index contributed by atoms with van der Waals surface area (Å²) in [5.74, 6) is 0. The Morgan fingerprint density at radius 1 is 1.24 bits per heavy atom. The average Bonchev–Trinajstić information content (AvgIpc) is 2.32. The highest BCUT2D eigenvalue weighted by atomic mass is 32.2. The lowest BCUT2D eigenvalue weighted by atomic mass is 9.76. The van der Waals surface area contributed by atoms with Gasteiger partial charge >= 0.3 is 0 Å². The van der Waals surface area contributed by atoms with Crippen LogP contribution in [0.2, 0.25) is 0 Å². The molecule has 1 aliphatic carbocycles. The number of sulfonamides is 1. The minimum Gasteiger partial charge on any atom is -0.398 e. The number of hydrogen-bond donors (Lipinski definition) is 2. The van der Waals surface area contributed by atoms with E-state index in [2.05, 4.69) is 4.72 Å². The molecule has 0 aromatic heterocycles. The van der Waals surface area contributed by atoms with Crippen molar-refractivity contribution >= 4 is 25.5 Å². The summed E-state index contributed by atoms with van der Waals surface area (Å²) in [5.41, 5.74) is 5.34. The van der Waals surface area contributed by atoms with Gasteiger partial charge in [-0.1, -0.05) is 6.92 Å². The van der Waals surface area contributed by atoms with Gasteiger partial charge in [-0.15, -0.1) is 0 Å². The SMILES string of the molecule is CCC1(NS(=O)(=O)c2cc(S(C)(=O)=O)ccc2N)CCC1. The molecule has 0 bridgehead atoms. The zero-order valence-corrected chi connectivity index (χ0v) is 13.7. The van der Waals surface area contributed by atoms with Gasteiger partial charge in [0.05, 0.1) is 10.6 Å². The molecule has 0 aliphatic heterocycles. The van der Waals surface area contributed by atoms with E-state index in [4.69, 9.17) is 5.73 Å². The maximum Gasteiger partial charge on any atom is 0.243 e. The molecule has 6 nitrogen and oxygen atoms in total. The Morgan fingerprint density at radius 2 is 1.86 bits per heavy atom. The van der Waals surface area contributed by atoms with Crippen LogP contribution < -0.4 is 10.5 Å². The molecule has 118 valence electrons. The molecule has 0 amide bonds. The van der Waals surface area contributed by atoms with Crippen LogP contribution >= 0.6 is 0 Å². The zero-order chi connectivity index (χ0) is 15.9. The van der Waals surface area contributed by atoms with Gasteiger partial charge in [0, 0.05) is 11.8 Å². The van der Waals surface area contributed by atoms with E-state index in [0.29, 0.717) is 6.42 Å². The maximum atomic E-state index is 12.5. The molecular weight excluding hydrogens is 312 g/mol. The van der Waals surface area contributed by atoms with Gasteiger partial charge in [-0.05, 0) is 43.9 Å². The molecule has 0 heterocycles. The second-order valence-corrected chi connectivity index (χ2v) is 9.23. The van der Waals surface area contributed by atoms with Crippen molar-refractivity contribution in [2.45, 2.75) is 47.9 Å². The van der Waals surface area contributed by atoms with Crippen molar-refractivity contribution in [1.29, 1.82) is 0 Å². The Balaban J connectivity index is 2.45. The van der Waals surface area contributed by atoms with Crippen LogP contribution in [0.3, 0.4) is 0 Å². The molecule has 3 N–H and O–H groups in total. The number of sulfone groups is 1. The molecule has 0 atom stereocenters. The minimum atomic E-state index is -3.84. The molecule has 8 heteroatoms.